The van der Waals surface area contributed by atoms with E-state index in [9.17, 15) is 9.90 Å². The molecule has 0 radical (unpaired) electrons. The number of ether oxygens (including phenoxy) is 2. The topological polar surface area (TPSA) is 104 Å². The molecule has 0 spiro atoms. The maximum absolute atomic E-state index is 12.3. The summed E-state index contributed by atoms with van der Waals surface area (Å²) in [5.74, 6) is 0.648. The van der Waals surface area contributed by atoms with Gasteiger partial charge in [-0.3, -0.25) is 0 Å². The van der Waals surface area contributed by atoms with Crippen molar-refractivity contribution in [2.45, 2.75) is 82.3 Å². The number of carbonyl (C=O) groups is 1. The Morgan fingerprint density at radius 2 is 1.77 bits per heavy atom. The van der Waals surface area contributed by atoms with Gasteiger partial charge in [-0.2, -0.15) is 5.10 Å². The van der Waals surface area contributed by atoms with Gasteiger partial charge in [-0.15, -0.1) is 5.10 Å². The van der Waals surface area contributed by atoms with Crippen molar-refractivity contribution in [2.75, 3.05) is 13.2 Å². The summed E-state index contributed by atoms with van der Waals surface area (Å²) in [5.41, 5.74) is 4.78. The zero-order chi connectivity index (χ0) is 29.3. The van der Waals surface area contributed by atoms with Gasteiger partial charge in [0.25, 0.3) is 0 Å². The molecule has 9 heteroatoms. The Labute approximate surface area is 251 Å². The maximum atomic E-state index is 12.3. The molecule has 2 aliphatic carbocycles. The first kappa shape index (κ1) is 27.8. The molecule has 224 valence electrons. The molecule has 4 aromatic rings. The van der Waals surface area contributed by atoms with Crippen LogP contribution < -0.4 is 4.74 Å². The van der Waals surface area contributed by atoms with E-state index < -0.39 is 5.97 Å². The number of hydrogen-bond donors (Lipinski definition) is 1. The van der Waals surface area contributed by atoms with Gasteiger partial charge < -0.3 is 14.6 Å². The lowest BCUT2D eigenvalue weighted by atomic mass is 9.86. The highest BCUT2D eigenvalue weighted by molar-refractivity contribution is 5.89. The fraction of sp³-hybridized carbons (Fsp3) is 0.471. The normalized spacial score (nSPS) is 21.9. The SMILES string of the molecule is CC(Oc1cccc(-c2cccc(-n3ncc(C(=O)O)c3[C@@H]3C[C@H]3c3cn(C4CCOCC4)nn3)c2)c1)C1CCCCC1. The van der Waals surface area contributed by atoms with Gasteiger partial charge in [0.2, 0.25) is 0 Å². The van der Waals surface area contributed by atoms with E-state index >= 15 is 0 Å². The second-order valence-electron chi connectivity index (χ2n) is 12.4. The van der Waals surface area contributed by atoms with E-state index in [2.05, 4.69) is 46.6 Å². The number of aromatic carboxylic acids is 1. The molecule has 1 saturated heterocycles. The molecule has 2 aromatic heterocycles. The van der Waals surface area contributed by atoms with Crippen LogP contribution in [0.1, 0.15) is 97.9 Å². The van der Waals surface area contributed by atoms with Gasteiger partial charge in [0.1, 0.15) is 11.3 Å². The Hall–Kier alpha value is -3.98. The van der Waals surface area contributed by atoms with Crippen LogP contribution >= 0.6 is 0 Å². The van der Waals surface area contributed by atoms with Crippen LogP contribution in [-0.4, -0.2) is 55.2 Å². The molecule has 1 N–H and O–H groups in total. The molecule has 2 saturated carbocycles. The maximum Gasteiger partial charge on any atom is 0.339 e. The van der Waals surface area contributed by atoms with E-state index in [-0.39, 0.29) is 23.5 Å². The minimum Gasteiger partial charge on any atom is -0.490 e. The lowest BCUT2D eigenvalue weighted by molar-refractivity contribution is 0.0657. The smallest absolute Gasteiger partial charge is 0.339 e. The van der Waals surface area contributed by atoms with Crippen molar-refractivity contribution >= 4 is 5.97 Å². The van der Waals surface area contributed by atoms with Gasteiger partial charge in [0, 0.05) is 31.2 Å². The molecule has 0 bridgehead atoms. The molecule has 9 nitrogen and oxygen atoms in total. The first-order valence-electron chi connectivity index (χ1n) is 15.7. The van der Waals surface area contributed by atoms with Crippen LogP contribution in [0.5, 0.6) is 5.75 Å². The molecule has 3 heterocycles. The number of aromatic nitrogens is 5. The molecule has 3 aliphatic rings. The van der Waals surface area contributed by atoms with Crippen LogP contribution in [0.3, 0.4) is 0 Å². The molecule has 3 fully saturated rings. The van der Waals surface area contributed by atoms with Crippen molar-refractivity contribution in [1.29, 1.82) is 0 Å². The van der Waals surface area contributed by atoms with Crippen LogP contribution in [0, 0.1) is 5.92 Å². The number of carboxylic acids is 1. The third kappa shape index (κ3) is 5.83. The summed E-state index contributed by atoms with van der Waals surface area (Å²) in [6.45, 7) is 3.67. The van der Waals surface area contributed by atoms with E-state index in [1.54, 1.807) is 4.68 Å². The van der Waals surface area contributed by atoms with Crippen molar-refractivity contribution in [3.63, 3.8) is 0 Å². The Balaban J connectivity index is 1.13. The summed E-state index contributed by atoms with van der Waals surface area (Å²) in [4.78, 5) is 12.3. The third-order valence-electron chi connectivity index (χ3n) is 9.55. The summed E-state index contributed by atoms with van der Waals surface area (Å²) < 4.78 is 15.7. The van der Waals surface area contributed by atoms with Gasteiger partial charge >= 0.3 is 5.97 Å². The monoisotopic (exact) mass is 581 g/mol. The fourth-order valence-corrected chi connectivity index (χ4v) is 6.98. The van der Waals surface area contributed by atoms with E-state index in [1.165, 1.54) is 38.3 Å². The molecular weight excluding hydrogens is 542 g/mol. The van der Waals surface area contributed by atoms with Crippen molar-refractivity contribution < 1.29 is 19.4 Å². The Kier molecular flexibility index (Phi) is 7.74. The van der Waals surface area contributed by atoms with Crippen LogP contribution in [0.25, 0.3) is 16.8 Å². The van der Waals surface area contributed by atoms with E-state index in [0.717, 1.165) is 60.7 Å². The Morgan fingerprint density at radius 1 is 1.00 bits per heavy atom. The van der Waals surface area contributed by atoms with Crippen LogP contribution in [0.15, 0.2) is 60.9 Å². The predicted molar refractivity (Wildman–Crippen MR) is 162 cm³/mol. The second-order valence-corrected chi connectivity index (χ2v) is 12.4. The lowest BCUT2D eigenvalue weighted by Crippen LogP contribution is -2.25. The van der Waals surface area contributed by atoms with Gasteiger partial charge in [0.15, 0.2) is 0 Å². The Bertz CT molecular complexity index is 1580. The number of rotatable bonds is 9. The van der Waals surface area contributed by atoms with E-state index in [4.69, 9.17) is 9.47 Å². The zero-order valence-electron chi connectivity index (χ0n) is 24.6. The second kappa shape index (κ2) is 12.0. The van der Waals surface area contributed by atoms with E-state index in [0.29, 0.717) is 17.7 Å². The van der Waals surface area contributed by atoms with E-state index in [1.807, 2.05) is 35.1 Å². The molecule has 1 aliphatic heterocycles. The molecule has 3 atom stereocenters. The number of carboxylic acid groups (broad SMARTS) is 1. The van der Waals surface area contributed by atoms with Crippen molar-refractivity contribution in [1.82, 2.24) is 24.8 Å². The lowest BCUT2D eigenvalue weighted by Gasteiger charge is -2.28. The average Bonchev–Trinajstić information content (AvgIpc) is 3.45. The average molecular weight is 582 g/mol. The minimum atomic E-state index is -0.967. The van der Waals surface area contributed by atoms with Gasteiger partial charge in [-0.05, 0) is 80.3 Å². The summed E-state index contributed by atoms with van der Waals surface area (Å²) in [6.07, 6.45) is 12.8. The van der Waals surface area contributed by atoms with Crippen molar-refractivity contribution in [2.24, 2.45) is 5.92 Å². The molecule has 1 unspecified atom stereocenters. The first-order chi connectivity index (χ1) is 21.0. The van der Waals surface area contributed by atoms with Crippen LogP contribution in [0.2, 0.25) is 0 Å². The fourth-order valence-electron chi connectivity index (χ4n) is 6.98. The van der Waals surface area contributed by atoms with Gasteiger partial charge in [-0.25, -0.2) is 14.2 Å². The zero-order valence-corrected chi connectivity index (χ0v) is 24.6. The van der Waals surface area contributed by atoms with Crippen molar-refractivity contribution in [3.8, 4) is 22.6 Å². The highest BCUT2D eigenvalue weighted by Crippen LogP contribution is 2.55. The molecule has 7 rings (SSSR count). The summed E-state index contributed by atoms with van der Waals surface area (Å²) >= 11 is 0. The third-order valence-corrected chi connectivity index (χ3v) is 9.55. The molecule has 43 heavy (non-hydrogen) atoms. The van der Waals surface area contributed by atoms with Gasteiger partial charge in [-0.1, -0.05) is 48.7 Å². The predicted octanol–water partition coefficient (Wildman–Crippen LogP) is 6.80. The summed E-state index contributed by atoms with van der Waals surface area (Å²) in [7, 11) is 0. The molecule has 2 aromatic carbocycles. The number of nitrogens with zero attached hydrogens (tertiary/aromatic N) is 5. The summed E-state index contributed by atoms with van der Waals surface area (Å²) in [5, 5.41) is 23.5. The first-order valence-corrected chi connectivity index (χ1v) is 15.7. The number of hydrogen-bond acceptors (Lipinski definition) is 6. The van der Waals surface area contributed by atoms with Crippen LogP contribution in [-0.2, 0) is 4.74 Å². The highest BCUT2D eigenvalue weighted by atomic mass is 16.5. The van der Waals surface area contributed by atoms with Crippen molar-refractivity contribution in [3.05, 3.63) is 77.9 Å². The highest BCUT2D eigenvalue weighted by Gasteiger charge is 2.46. The molecular formula is C34H39N5O4. The molecule has 0 amide bonds. The van der Waals surface area contributed by atoms with Gasteiger partial charge in [0.05, 0.1) is 35.4 Å². The number of benzene rings is 2. The largest absolute Gasteiger partial charge is 0.490 e. The summed E-state index contributed by atoms with van der Waals surface area (Å²) in [6, 6.07) is 16.7. The minimum absolute atomic E-state index is 0.00935. The van der Waals surface area contributed by atoms with Crippen LogP contribution in [0.4, 0.5) is 0 Å². The standard InChI is InChI=1S/C34H39N5O4/c1-22(23-7-3-2-4-8-23)43-28-12-6-10-25(18-28)24-9-5-11-27(17-24)39-33(31(20-35-39)34(40)41)30-19-29(30)32-21-38(37-36-32)26-13-15-42-16-14-26/h5-6,9-12,17-18,20-23,26,29-30H,2-4,7-8,13-16,19H2,1H3,(H,40,41)/t22?,29-,30-/m1/s1. The quantitative estimate of drug-likeness (QED) is 0.232. The Morgan fingerprint density at radius 3 is 2.56 bits per heavy atom.